The van der Waals surface area contributed by atoms with Crippen LogP contribution in [0.1, 0.15) is 23.0 Å². The molecule has 2 aliphatic heterocycles. The molecule has 1 aromatic heterocycles. The molecule has 1 amide bonds. The highest BCUT2D eigenvalue weighted by Crippen LogP contribution is 2.24. The number of hydrogen-bond donors (Lipinski definition) is 1. The standard InChI is InChI=1S/C21H19N5O4S/c1-3-30-17(27)9-13-12-31-21(22-13)23-19(28)15-10-25(2)11-16-18(15)24-26(20(16)29)14-7-5-4-6-8-14/h4-8,10-12H,3,9H2,1-2H3,(H,22,23,28). The maximum absolute atomic E-state index is 13.0. The van der Waals surface area contributed by atoms with E-state index in [-0.39, 0.29) is 23.5 Å². The van der Waals surface area contributed by atoms with Gasteiger partial charge in [0, 0.05) is 24.8 Å². The first-order valence-electron chi connectivity index (χ1n) is 9.52. The minimum Gasteiger partial charge on any atom is -0.466 e. The number of benzene rings is 1. The fourth-order valence-corrected chi connectivity index (χ4v) is 3.82. The normalized spacial score (nSPS) is 10.9. The lowest BCUT2D eigenvalue weighted by Crippen LogP contribution is -2.17. The first-order chi connectivity index (χ1) is 15.0. The average molecular weight is 437 g/mol. The van der Waals surface area contributed by atoms with E-state index in [0.717, 1.165) is 0 Å². The third-order valence-electron chi connectivity index (χ3n) is 4.45. The molecule has 2 aliphatic rings. The van der Waals surface area contributed by atoms with E-state index in [9.17, 15) is 14.4 Å². The zero-order valence-corrected chi connectivity index (χ0v) is 17.7. The van der Waals surface area contributed by atoms with E-state index in [1.54, 1.807) is 48.4 Å². The Bertz CT molecular complexity index is 1270. The van der Waals surface area contributed by atoms with Crippen molar-refractivity contribution in [2.24, 2.45) is 7.05 Å². The highest BCUT2D eigenvalue weighted by atomic mass is 32.1. The van der Waals surface area contributed by atoms with Crippen molar-refractivity contribution in [2.45, 2.75) is 13.3 Å². The molecule has 31 heavy (non-hydrogen) atoms. The quantitative estimate of drug-likeness (QED) is 0.464. The van der Waals surface area contributed by atoms with Gasteiger partial charge in [-0.1, -0.05) is 18.2 Å². The van der Waals surface area contributed by atoms with Crippen LogP contribution in [-0.2, 0) is 23.0 Å². The molecule has 10 heteroatoms. The SMILES string of the molecule is CCOC(=O)Cc1csc(NC(=O)c2cn(C)cc3c(=O)n(-c4ccccc4)nc2-3)n1. The van der Waals surface area contributed by atoms with Gasteiger partial charge in [-0.15, -0.1) is 11.3 Å². The Balaban J connectivity index is 1.63. The molecule has 0 saturated heterocycles. The van der Waals surface area contributed by atoms with Crippen molar-refractivity contribution < 1.29 is 14.3 Å². The number of anilines is 1. The molecule has 1 N–H and O–H groups in total. The molecule has 2 aromatic rings. The van der Waals surface area contributed by atoms with Gasteiger partial charge >= 0.3 is 5.97 Å². The van der Waals surface area contributed by atoms with Crippen LogP contribution >= 0.6 is 11.3 Å². The molecule has 0 spiro atoms. The number of esters is 1. The zero-order valence-electron chi connectivity index (χ0n) is 16.9. The molecule has 0 fully saturated rings. The zero-order chi connectivity index (χ0) is 22.0. The number of amides is 1. The van der Waals surface area contributed by atoms with E-state index < -0.39 is 5.91 Å². The van der Waals surface area contributed by atoms with Gasteiger partial charge in [0.25, 0.3) is 11.5 Å². The number of nitrogens with zero attached hydrogens (tertiary/aromatic N) is 4. The van der Waals surface area contributed by atoms with E-state index in [4.69, 9.17) is 4.74 Å². The van der Waals surface area contributed by atoms with E-state index in [1.165, 1.54) is 16.0 Å². The average Bonchev–Trinajstić information content (AvgIpc) is 3.32. The number of fused-ring (bicyclic) bond motifs is 1. The van der Waals surface area contributed by atoms with Gasteiger partial charge in [-0.25, -0.2) is 4.98 Å². The van der Waals surface area contributed by atoms with Crippen LogP contribution in [0.15, 0.2) is 52.9 Å². The van der Waals surface area contributed by atoms with Crippen LogP contribution in [0, 0.1) is 0 Å². The Morgan fingerprint density at radius 1 is 1.19 bits per heavy atom. The summed E-state index contributed by atoms with van der Waals surface area (Å²) in [5.74, 6) is -0.826. The summed E-state index contributed by atoms with van der Waals surface area (Å²) in [6, 6.07) is 9.01. The number of thiazole rings is 1. The molecule has 158 valence electrons. The molecule has 0 aliphatic carbocycles. The van der Waals surface area contributed by atoms with Crippen LogP contribution in [0.2, 0.25) is 0 Å². The number of aryl methyl sites for hydroxylation is 1. The minimum atomic E-state index is -0.448. The lowest BCUT2D eigenvalue weighted by Gasteiger charge is -2.08. The predicted molar refractivity (Wildman–Crippen MR) is 116 cm³/mol. The van der Waals surface area contributed by atoms with E-state index in [2.05, 4.69) is 15.4 Å². The number of carbonyl (C=O) groups excluding carboxylic acids is 2. The Morgan fingerprint density at radius 2 is 1.97 bits per heavy atom. The van der Waals surface area contributed by atoms with Gasteiger partial charge < -0.3 is 9.30 Å². The Morgan fingerprint density at radius 3 is 2.71 bits per heavy atom. The van der Waals surface area contributed by atoms with Crippen molar-refractivity contribution in [3.63, 3.8) is 0 Å². The van der Waals surface area contributed by atoms with Crippen molar-refractivity contribution in [1.29, 1.82) is 0 Å². The van der Waals surface area contributed by atoms with Crippen LogP contribution in [0.4, 0.5) is 5.13 Å². The Kier molecular flexibility index (Phi) is 5.63. The van der Waals surface area contributed by atoms with Crippen molar-refractivity contribution in [3.8, 4) is 16.9 Å². The van der Waals surface area contributed by atoms with Gasteiger partial charge in [0.15, 0.2) is 5.13 Å². The van der Waals surface area contributed by atoms with Crippen molar-refractivity contribution in [2.75, 3.05) is 11.9 Å². The number of rotatable bonds is 6. The van der Waals surface area contributed by atoms with Crippen LogP contribution in [0.3, 0.4) is 0 Å². The molecular weight excluding hydrogens is 418 g/mol. The second kappa shape index (κ2) is 8.52. The van der Waals surface area contributed by atoms with Gasteiger partial charge in [-0.2, -0.15) is 9.78 Å². The molecule has 0 unspecified atom stereocenters. The lowest BCUT2D eigenvalue weighted by atomic mass is 10.1. The number of nitrogens with one attached hydrogen (secondary N) is 1. The summed E-state index contributed by atoms with van der Waals surface area (Å²) in [7, 11) is 1.73. The predicted octanol–water partition coefficient (Wildman–Crippen LogP) is 2.49. The maximum Gasteiger partial charge on any atom is 0.311 e. The van der Waals surface area contributed by atoms with Gasteiger partial charge in [0.05, 0.1) is 35.5 Å². The highest BCUT2D eigenvalue weighted by Gasteiger charge is 2.24. The molecule has 3 heterocycles. The number of para-hydroxylation sites is 1. The molecular formula is C21H19N5O4S. The van der Waals surface area contributed by atoms with Crippen LogP contribution in [0.5, 0.6) is 0 Å². The van der Waals surface area contributed by atoms with E-state index >= 15 is 0 Å². The number of aromatic nitrogens is 4. The van der Waals surface area contributed by atoms with Gasteiger partial charge in [0.1, 0.15) is 5.69 Å². The Hall–Kier alpha value is -3.79. The van der Waals surface area contributed by atoms with E-state index in [0.29, 0.717) is 34.4 Å². The summed E-state index contributed by atoms with van der Waals surface area (Å²) in [6.45, 7) is 2.03. The minimum absolute atomic E-state index is 0.0335. The van der Waals surface area contributed by atoms with Gasteiger partial charge in [-0.3, -0.25) is 19.7 Å². The molecule has 0 saturated carbocycles. The summed E-state index contributed by atoms with van der Waals surface area (Å²) >= 11 is 1.20. The Labute approximate surface area is 181 Å². The fourth-order valence-electron chi connectivity index (χ4n) is 3.12. The largest absolute Gasteiger partial charge is 0.466 e. The molecule has 0 radical (unpaired) electrons. The number of ether oxygens (including phenoxy) is 1. The smallest absolute Gasteiger partial charge is 0.311 e. The van der Waals surface area contributed by atoms with Crippen molar-refractivity contribution >= 4 is 28.3 Å². The molecule has 1 aromatic carbocycles. The monoisotopic (exact) mass is 437 g/mol. The van der Waals surface area contributed by atoms with Crippen molar-refractivity contribution in [3.05, 3.63) is 69.7 Å². The second-order valence-corrected chi connectivity index (χ2v) is 7.59. The second-order valence-electron chi connectivity index (χ2n) is 6.73. The third kappa shape index (κ3) is 4.24. The number of pyridine rings is 1. The third-order valence-corrected chi connectivity index (χ3v) is 5.25. The number of hydrogen-bond acceptors (Lipinski definition) is 7. The summed E-state index contributed by atoms with van der Waals surface area (Å²) < 4.78 is 7.83. The molecule has 0 bridgehead atoms. The van der Waals surface area contributed by atoms with Gasteiger partial charge in [-0.05, 0) is 19.1 Å². The number of carbonyl (C=O) groups is 2. The van der Waals surface area contributed by atoms with Crippen LogP contribution in [0.25, 0.3) is 16.9 Å². The fraction of sp³-hybridized carbons (Fsp3) is 0.190. The topological polar surface area (TPSA) is 108 Å². The van der Waals surface area contributed by atoms with Gasteiger partial charge in [0.2, 0.25) is 0 Å². The summed E-state index contributed by atoms with van der Waals surface area (Å²) in [4.78, 5) is 41.7. The summed E-state index contributed by atoms with van der Waals surface area (Å²) in [6.07, 6.45) is 3.28. The van der Waals surface area contributed by atoms with Crippen LogP contribution in [-0.4, -0.2) is 37.8 Å². The molecule has 0 atom stereocenters. The lowest BCUT2D eigenvalue weighted by molar-refractivity contribution is -0.142. The molecule has 9 nitrogen and oxygen atoms in total. The van der Waals surface area contributed by atoms with E-state index in [1.807, 2.05) is 18.2 Å². The highest BCUT2D eigenvalue weighted by molar-refractivity contribution is 7.14. The molecule has 4 rings (SSSR count). The summed E-state index contributed by atoms with van der Waals surface area (Å²) in [5, 5.41) is 9.16. The van der Waals surface area contributed by atoms with Crippen molar-refractivity contribution in [1.82, 2.24) is 19.3 Å². The van der Waals surface area contributed by atoms with Crippen LogP contribution < -0.4 is 10.9 Å². The summed E-state index contributed by atoms with van der Waals surface area (Å²) in [5.41, 5.74) is 1.69. The first-order valence-corrected chi connectivity index (χ1v) is 10.4. The maximum atomic E-state index is 13.0. The first kappa shape index (κ1) is 20.5.